The van der Waals surface area contributed by atoms with E-state index in [0.717, 1.165) is 42.5 Å². The number of primary amides is 1. The molecule has 1 aliphatic carbocycles. The minimum atomic E-state index is -0.525. The van der Waals surface area contributed by atoms with E-state index in [-0.39, 0.29) is 17.9 Å². The van der Waals surface area contributed by atoms with Crippen LogP contribution in [0.15, 0.2) is 45.7 Å². The van der Waals surface area contributed by atoms with Crippen molar-refractivity contribution in [1.29, 1.82) is 0 Å². The van der Waals surface area contributed by atoms with Gasteiger partial charge in [0.15, 0.2) is 5.76 Å². The first-order valence-corrected chi connectivity index (χ1v) is 10.3. The zero-order chi connectivity index (χ0) is 20.4. The molecule has 4 rings (SSSR count). The maximum absolute atomic E-state index is 12.7. The van der Waals surface area contributed by atoms with Gasteiger partial charge in [0.05, 0.1) is 12.1 Å². The number of aryl methyl sites for hydroxylation is 1. The summed E-state index contributed by atoms with van der Waals surface area (Å²) in [7, 11) is 0. The Kier molecular flexibility index (Phi) is 5.35. The van der Waals surface area contributed by atoms with Crippen LogP contribution in [0.2, 0.25) is 0 Å². The number of anilines is 1. The summed E-state index contributed by atoms with van der Waals surface area (Å²) in [4.78, 5) is 37.7. The first kappa shape index (κ1) is 19.2. The van der Waals surface area contributed by atoms with Crippen molar-refractivity contribution in [2.45, 2.75) is 38.6 Å². The highest BCUT2D eigenvalue weighted by molar-refractivity contribution is 7.17. The number of rotatable bonds is 5. The lowest BCUT2D eigenvalue weighted by Gasteiger charge is -2.05. The molecule has 29 heavy (non-hydrogen) atoms. The first-order valence-electron chi connectivity index (χ1n) is 9.53. The van der Waals surface area contributed by atoms with Gasteiger partial charge in [-0.05, 0) is 49.4 Å². The maximum Gasteiger partial charge on any atom is 0.291 e. The van der Waals surface area contributed by atoms with E-state index < -0.39 is 11.8 Å². The van der Waals surface area contributed by atoms with Crippen LogP contribution >= 0.6 is 11.3 Å². The van der Waals surface area contributed by atoms with Gasteiger partial charge in [-0.1, -0.05) is 12.5 Å². The molecule has 0 atom stereocenters. The van der Waals surface area contributed by atoms with Crippen LogP contribution in [0.3, 0.4) is 0 Å². The highest BCUT2D eigenvalue weighted by atomic mass is 32.1. The Morgan fingerprint density at radius 3 is 2.76 bits per heavy atom. The molecule has 7 nitrogen and oxygen atoms in total. The number of carbonyl (C=O) groups excluding carboxylic acids is 2. The number of carbonyl (C=O) groups is 2. The zero-order valence-corrected chi connectivity index (χ0v) is 16.6. The number of furan rings is 1. The quantitative estimate of drug-likeness (QED) is 0.629. The summed E-state index contributed by atoms with van der Waals surface area (Å²) in [6.07, 6.45) is 6.56. The van der Waals surface area contributed by atoms with Gasteiger partial charge in [-0.2, -0.15) is 0 Å². The van der Waals surface area contributed by atoms with Gasteiger partial charge in [0.25, 0.3) is 17.4 Å². The number of thiophene rings is 1. The van der Waals surface area contributed by atoms with Crippen molar-refractivity contribution in [3.63, 3.8) is 0 Å². The normalized spacial score (nSPS) is 13.5. The van der Waals surface area contributed by atoms with E-state index in [4.69, 9.17) is 10.2 Å². The third kappa shape index (κ3) is 4.02. The Morgan fingerprint density at radius 2 is 1.97 bits per heavy atom. The van der Waals surface area contributed by atoms with Crippen LogP contribution in [0.25, 0.3) is 0 Å². The molecule has 0 aromatic carbocycles. The van der Waals surface area contributed by atoms with E-state index in [0.29, 0.717) is 16.3 Å². The van der Waals surface area contributed by atoms with E-state index in [2.05, 4.69) is 5.32 Å². The van der Waals surface area contributed by atoms with Crippen molar-refractivity contribution >= 4 is 28.2 Å². The number of hydrogen-bond acceptors (Lipinski definition) is 5. The van der Waals surface area contributed by atoms with Crippen LogP contribution in [0.5, 0.6) is 0 Å². The molecule has 3 aromatic heterocycles. The monoisotopic (exact) mass is 411 g/mol. The first-order chi connectivity index (χ1) is 14.0. The summed E-state index contributed by atoms with van der Waals surface area (Å²) in [5, 5.41) is 3.27. The molecule has 150 valence electrons. The molecule has 0 unspecified atom stereocenters. The number of nitrogens with one attached hydrogen (secondary N) is 1. The summed E-state index contributed by atoms with van der Waals surface area (Å²) in [5.41, 5.74) is 6.85. The third-order valence-corrected chi connectivity index (χ3v) is 6.21. The standard InChI is InChI=1S/C21H21N3O4S/c22-19(26)18-14-6-2-1-3-7-16(14)29-21(18)23-20(27)15-10-9-13(28-15)12-24-11-5-4-8-17(24)25/h4-5,8-11H,1-3,6-7,12H2,(H2,22,26)(H,23,27). The molecule has 0 aliphatic heterocycles. The Hall–Kier alpha value is -3.13. The lowest BCUT2D eigenvalue weighted by Crippen LogP contribution is -2.18. The van der Waals surface area contributed by atoms with Crippen molar-refractivity contribution in [1.82, 2.24) is 4.57 Å². The van der Waals surface area contributed by atoms with E-state index in [9.17, 15) is 14.4 Å². The Labute approximate surface area is 171 Å². The number of pyridine rings is 1. The molecule has 0 spiro atoms. The molecule has 0 saturated carbocycles. The summed E-state index contributed by atoms with van der Waals surface area (Å²) < 4.78 is 7.10. The fourth-order valence-electron chi connectivity index (χ4n) is 3.60. The van der Waals surface area contributed by atoms with Crippen molar-refractivity contribution in [3.05, 3.63) is 74.4 Å². The number of aromatic nitrogens is 1. The molecular weight excluding hydrogens is 390 g/mol. The van der Waals surface area contributed by atoms with Gasteiger partial charge in [-0.3, -0.25) is 14.4 Å². The predicted molar refractivity (Wildman–Crippen MR) is 111 cm³/mol. The number of nitrogens with zero attached hydrogens (tertiary/aromatic N) is 1. The summed E-state index contributed by atoms with van der Waals surface area (Å²) in [5.74, 6) is -0.373. The fourth-order valence-corrected chi connectivity index (χ4v) is 4.89. The van der Waals surface area contributed by atoms with Crippen molar-refractivity contribution < 1.29 is 14.0 Å². The maximum atomic E-state index is 12.7. The predicted octanol–water partition coefficient (Wildman–Crippen LogP) is 3.17. The van der Waals surface area contributed by atoms with Gasteiger partial charge in [0.1, 0.15) is 10.8 Å². The molecule has 3 heterocycles. The highest BCUT2D eigenvalue weighted by Gasteiger charge is 2.25. The van der Waals surface area contributed by atoms with Gasteiger partial charge < -0.3 is 20.0 Å². The fraction of sp³-hybridized carbons (Fsp3) is 0.286. The second kappa shape index (κ2) is 8.08. The number of nitrogens with two attached hydrogens (primary N) is 1. The molecular formula is C21H21N3O4S. The van der Waals surface area contributed by atoms with Gasteiger partial charge in [0.2, 0.25) is 0 Å². The molecule has 8 heteroatoms. The topological polar surface area (TPSA) is 107 Å². The van der Waals surface area contributed by atoms with E-state index >= 15 is 0 Å². The molecule has 0 saturated heterocycles. The Morgan fingerprint density at radius 1 is 1.14 bits per heavy atom. The highest BCUT2D eigenvalue weighted by Crippen LogP contribution is 2.37. The molecule has 0 fully saturated rings. The molecule has 0 bridgehead atoms. The minimum Gasteiger partial charge on any atom is -0.454 e. The van der Waals surface area contributed by atoms with Gasteiger partial charge >= 0.3 is 0 Å². The van der Waals surface area contributed by atoms with E-state index in [1.54, 1.807) is 30.5 Å². The van der Waals surface area contributed by atoms with Crippen LogP contribution < -0.4 is 16.6 Å². The Bertz CT molecular complexity index is 1130. The van der Waals surface area contributed by atoms with Crippen molar-refractivity contribution in [2.24, 2.45) is 5.73 Å². The molecule has 3 N–H and O–H groups in total. The second-order valence-electron chi connectivity index (χ2n) is 7.02. The van der Waals surface area contributed by atoms with Gasteiger partial charge in [0, 0.05) is 17.1 Å². The minimum absolute atomic E-state index is 0.114. The van der Waals surface area contributed by atoms with Crippen LogP contribution in [-0.4, -0.2) is 16.4 Å². The van der Waals surface area contributed by atoms with Crippen LogP contribution in [0, 0.1) is 0 Å². The SMILES string of the molecule is NC(=O)c1c(NC(=O)c2ccc(Cn3ccccc3=O)o2)sc2c1CCCCC2. The van der Waals surface area contributed by atoms with E-state index in [1.807, 2.05) is 0 Å². The lowest BCUT2D eigenvalue weighted by atomic mass is 10.1. The molecule has 2 amide bonds. The van der Waals surface area contributed by atoms with Crippen LogP contribution in [-0.2, 0) is 19.4 Å². The van der Waals surface area contributed by atoms with Crippen LogP contribution in [0.1, 0.15) is 56.4 Å². The van der Waals surface area contributed by atoms with Crippen LogP contribution in [0.4, 0.5) is 5.00 Å². The third-order valence-electron chi connectivity index (χ3n) is 5.01. The lowest BCUT2D eigenvalue weighted by molar-refractivity contribution is 0.0995. The average molecular weight is 411 g/mol. The molecule has 1 aliphatic rings. The summed E-state index contributed by atoms with van der Waals surface area (Å²) in [6, 6.07) is 8.10. The zero-order valence-electron chi connectivity index (χ0n) is 15.8. The smallest absolute Gasteiger partial charge is 0.291 e. The molecule has 3 aromatic rings. The number of fused-ring (bicyclic) bond motifs is 1. The summed E-state index contributed by atoms with van der Waals surface area (Å²) >= 11 is 1.42. The van der Waals surface area contributed by atoms with E-state index in [1.165, 1.54) is 22.0 Å². The van der Waals surface area contributed by atoms with Crippen molar-refractivity contribution in [3.8, 4) is 0 Å². The largest absolute Gasteiger partial charge is 0.454 e. The molecule has 0 radical (unpaired) electrons. The summed E-state index contributed by atoms with van der Waals surface area (Å²) in [6.45, 7) is 0.229. The van der Waals surface area contributed by atoms with Gasteiger partial charge in [-0.15, -0.1) is 11.3 Å². The van der Waals surface area contributed by atoms with Crippen molar-refractivity contribution in [2.75, 3.05) is 5.32 Å². The van der Waals surface area contributed by atoms with Gasteiger partial charge in [-0.25, -0.2) is 0 Å². The number of amides is 2. The Balaban J connectivity index is 1.55. The average Bonchev–Trinajstić information content (AvgIpc) is 3.22. The second-order valence-corrected chi connectivity index (χ2v) is 8.12. The number of hydrogen-bond donors (Lipinski definition) is 2.